The van der Waals surface area contributed by atoms with Gasteiger partial charge < -0.3 is 15.4 Å². The Kier molecular flexibility index (Phi) is 4.02. The number of benzene rings is 1. The molecule has 0 amide bonds. The van der Waals surface area contributed by atoms with Crippen LogP contribution in [-0.4, -0.2) is 32.3 Å². The van der Waals surface area contributed by atoms with Crippen molar-refractivity contribution in [1.29, 1.82) is 0 Å². The van der Waals surface area contributed by atoms with E-state index in [1.54, 1.807) is 7.11 Å². The first-order valence-corrected chi connectivity index (χ1v) is 6.33. The highest BCUT2D eigenvalue weighted by atomic mass is 16.5. The van der Waals surface area contributed by atoms with Crippen LogP contribution in [0.3, 0.4) is 0 Å². The summed E-state index contributed by atoms with van der Waals surface area (Å²) in [4.78, 5) is 2.43. The molecular formula is C14H22N2O. The Morgan fingerprint density at radius 3 is 2.94 bits per heavy atom. The minimum atomic E-state index is 0.114. The first-order chi connectivity index (χ1) is 8.26. The lowest BCUT2D eigenvalue weighted by Gasteiger charge is -2.38. The molecule has 0 fully saturated rings. The zero-order valence-corrected chi connectivity index (χ0v) is 10.7. The number of nitrogens with two attached hydrogens (primary N) is 1. The fraction of sp³-hybridized carbons (Fsp3) is 0.571. The third-order valence-electron chi connectivity index (χ3n) is 3.66. The highest BCUT2D eigenvalue weighted by Crippen LogP contribution is 2.30. The molecule has 17 heavy (non-hydrogen) atoms. The predicted molar refractivity (Wildman–Crippen MR) is 71.4 cm³/mol. The third-order valence-corrected chi connectivity index (χ3v) is 3.66. The molecule has 1 aromatic rings. The highest BCUT2D eigenvalue weighted by Gasteiger charge is 2.24. The molecule has 3 heteroatoms. The number of anilines is 1. The second-order valence-corrected chi connectivity index (χ2v) is 4.76. The summed E-state index contributed by atoms with van der Waals surface area (Å²) < 4.78 is 5.40. The van der Waals surface area contributed by atoms with Gasteiger partial charge in [-0.3, -0.25) is 0 Å². The summed E-state index contributed by atoms with van der Waals surface area (Å²) >= 11 is 0. The summed E-state index contributed by atoms with van der Waals surface area (Å²) in [5.74, 6) is 0. The number of fused-ring (bicyclic) bond motifs is 1. The van der Waals surface area contributed by atoms with Crippen molar-refractivity contribution in [2.45, 2.75) is 31.9 Å². The molecule has 0 spiro atoms. The number of hydrogen-bond donors (Lipinski definition) is 1. The van der Waals surface area contributed by atoms with Crippen LogP contribution in [0.5, 0.6) is 0 Å². The van der Waals surface area contributed by atoms with E-state index >= 15 is 0 Å². The topological polar surface area (TPSA) is 38.5 Å². The van der Waals surface area contributed by atoms with Gasteiger partial charge in [-0.15, -0.1) is 0 Å². The van der Waals surface area contributed by atoms with Gasteiger partial charge in [0.1, 0.15) is 0 Å². The molecule has 2 N–H and O–H groups in total. The first kappa shape index (κ1) is 12.4. The molecule has 1 heterocycles. The summed E-state index contributed by atoms with van der Waals surface area (Å²) in [6, 6.07) is 9.21. The summed E-state index contributed by atoms with van der Waals surface area (Å²) in [6.07, 6.45) is 2.50. The maximum atomic E-state index is 5.71. The van der Waals surface area contributed by atoms with Crippen molar-refractivity contribution in [3.8, 4) is 0 Å². The van der Waals surface area contributed by atoms with Crippen molar-refractivity contribution in [1.82, 2.24) is 0 Å². The lowest BCUT2D eigenvalue weighted by molar-refractivity contribution is 0.112. The molecule has 3 nitrogen and oxygen atoms in total. The number of rotatable bonds is 4. The van der Waals surface area contributed by atoms with Gasteiger partial charge in [0.15, 0.2) is 0 Å². The van der Waals surface area contributed by atoms with Crippen LogP contribution >= 0.6 is 0 Å². The van der Waals surface area contributed by atoms with Crippen molar-refractivity contribution in [3.63, 3.8) is 0 Å². The van der Waals surface area contributed by atoms with Gasteiger partial charge in [-0.05, 0) is 31.4 Å². The van der Waals surface area contributed by atoms with Crippen LogP contribution in [0.1, 0.15) is 18.9 Å². The SMILES string of the molecule is COC(CN)CN1c2ccccc2CCC1C. The maximum Gasteiger partial charge on any atom is 0.0868 e. The second kappa shape index (κ2) is 5.52. The number of aryl methyl sites for hydroxylation is 1. The molecule has 0 saturated heterocycles. The van der Waals surface area contributed by atoms with E-state index in [9.17, 15) is 0 Å². The highest BCUT2D eigenvalue weighted by molar-refractivity contribution is 5.56. The normalized spacial score (nSPS) is 21.1. The van der Waals surface area contributed by atoms with Crippen molar-refractivity contribution in [3.05, 3.63) is 29.8 Å². The molecule has 0 aromatic heterocycles. The van der Waals surface area contributed by atoms with E-state index in [-0.39, 0.29) is 6.10 Å². The average Bonchev–Trinajstić information content (AvgIpc) is 2.38. The van der Waals surface area contributed by atoms with Gasteiger partial charge in [-0.25, -0.2) is 0 Å². The van der Waals surface area contributed by atoms with Gasteiger partial charge in [0, 0.05) is 31.9 Å². The number of nitrogens with zero attached hydrogens (tertiary/aromatic N) is 1. The zero-order valence-electron chi connectivity index (χ0n) is 10.7. The van der Waals surface area contributed by atoms with Crippen molar-refractivity contribution < 1.29 is 4.74 Å². The monoisotopic (exact) mass is 234 g/mol. The van der Waals surface area contributed by atoms with Crippen molar-refractivity contribution in [2.24, 2.45) is 5.73 Å². The summed E-state index contributed by atoms with van der Waals surface area (Å²) in [5.41, 5.74) is 8.51. The van der Waals surface area contributed by atoms with Gasteiger partial charge in [-0.2, -0.15) is 0 Å². The lowest BCUT2D eigenvalue weighted by Crippen LogP contribution is -2.44. The Hall–Kier alpha value is -1.06. The fourth-order valence-electron chi connectivity index (χ4n) is 2.50. The van der Waals surface area contributed by atoms with Crippen LogP contribution in [0.15, 0.2) is 24.3 Å². The molecule has 2 rings (SSSR count). The molecule has 1 aromatic carbocycles. The number of methoxy groups -OCH3 is 1. The van der Waals surface area contributed by atoms with Crippen LogP contribution in [0.25, 0.3) is 0 Å². The average molecular weight is 234 g/mol. The van der Waals surface area contributed by atoms with Crippen LogP contribution in [0.4, 0.5) is 5.69 Å². The quantitative estimate of drug-likeness (QED) is 0.863. The fourth-order valence-corrected chi connectivity index (χ4v) is 2.50. The van der Waals surface area contributed by atoms with Gasteiger partial charge in [0.2, 0.25) is 0 Å². The van der Waals surface area contributed by atoms with E-state index in [1.165, 1.54) is 24.1 Å². The maximum absolute atomic E-state index is 5.71. The van der Waals surface area contributed by atoms with E-state index in [2.05, 4.69) is 36.1 Å². The lowest BCUT2D eigenvalue weighted by atomic mass is 9.96. The third kappa shape index (κ3) is 2.61. The minimum absolute atomic E-state index is 0.114. The molecular weight excluding hydrogens is 212 g/mol. The first-order valence-electron chi connectivity index (χ1n) is 6.33. The standard InChI is InChI=1S/C14H22N2O/c1-11-7-8-12-5-3-4-6-14(12)16(11)10-13(9-15)17-2/h3-6,11,13H,7-10,15H2,1-2H3. The molecule has 2 unspecified atom stereocenters. The summed E-state index contributed by atoms with van der Waals surface area (Å²) in [6.45, 7) is 3.73. The number of para-hydroxylation sites is 1. The predicted octanol–water partition coefficient (Wildman–Crippen LogP) is 1.80. The second-order valence-electron chi connectivity index (χ2n) is 4.76. The molecule has 0 saturated carbocycles. The summed E-state index contributed by atoms with van der Waals surface area (Å²) in [5, 5.41) is 0. The van der Waals surface area contributed by atoms with Gasteiger partial charge in [0.25, 0.3) is 0 Å². The molecule has 0 bridgehead atoms. The Morgan fingerprint density at radius 2 is 2.24 bits per heavy atom. The largest absolute Gasteiger partial charge is 0.378 e. The van der Waals surface area contributed by atoms with Crippen molar-refractivity contribution in [2.75, 3.05) is 25.1 Å². The Morgan fingerprint density at radius 1 is 1.47 bits per heavy atom. The Labute approximate surface area is 104 Å². The van der Waals surface area contributed by atoms with Gasteiger partial charge >= 0.3 is 0 Å². The molecule has 2 atom stereocenters. The van der Waals surface area contributed by atoms with Gasteiger partial charge in [0.05, 0.1) is 6.10 Å². The number of ether oxygens (including phenoxy) is 1. The molecule has 0 radical (unpaired) electrons. The number of hydrogen-bond acceptors (Lipinski definition) is 3. The molecule has 1 aliphatic heterocycles. The van der Waals surface area contributed by atoms with E-state index in [0.29, 0.717) is 12.6 Å². The Balaban J connectivity index is 2.20. The van der Waals surface area contributed by atoms with Gasteiger partial charge in [-0.1, -0.05) is 18.2 Å². The zero-order chi connectivity index (χ0) is 12.3. The molecule has 1 aliphatic rings. The van der Waals surface area contributed by atoms with E-state index in [0.717, 1.165) is 6.54 Å². The van der Waals surface area contributed by atoms with Crippen LogP contribution in [-0.2, 0) is 11.2 Å². The smallest absolute Gasteiger partial charge is 0.0868 e. The Bertz CT molecular complexity index is 363. The minimum Gasteiger partial charge on any atom is -0.378 e. The molecule has 94 valence electrons. The van der Waals surface area contributed by atoms with Crippen molar-refractivity contribution >= 4 is 5.69 Å². The van der Waals surface area contributed by atoms with E-state index < -0.39 is 0 Å². The van der Waals surface area contributed by atoms with E-state index in [1.807, 2.05) is 0 Å². The van der Waals surface area contributed by atoms with Crippen LogP contribution in [0, 0.1) is 0 Å². The van der Waals surface area contributed by atoms with Crippen LogP contribution < -0.4 is 10.6 Å². The molecule has 0 aliphatic carbocycles. The van der Waals surface area contributed by atoms with Crippen LogP contribution in [0.2, 0.25) is 0 Å². The van der Waals surface area contributed by atoms with E-state index in [4.69, 9.17) is 10.5 Å². The summed E-state index contributed by atoms with van der Waals surface area (Å²) in [7, 11) is 1.73.